The van der Waals surface area contributed by atoms with E-state index in [4.69, 9.17) is 9.47 Å². The fourth-order valence-corrected chi connectivity index (χ4v) is 3.68. The number of rotatable bonds is 11. The molecule has 7 heteroatoms. The van der Waals surface area contributed by atoms with Crippen molar-refractivity contribution >= 4 is 17.5 Å². The standard InChI is InChI=1S/C23H27N3O3S/c1-17(2)13-14-26-22(15-29-20-7-5-4-6-8-20)24-25-23(26)30-16-21(27)18-9-11-19(28-3)12-10-18/h4-12,17H,13-16H2,1-3H3. The molecule has 0 saturated carbocycles. The summed E-state index contributed by atoms with van der Waals surface area (Å²) < 4.78 is 13.1. The minimum Gasteiger partial charge on any atom is -0.497 e. The van der Waals surface area contributed by atoms with E-state index in [2.05, 4.69) is 28.6 Å². The van der Waals surface area contributed by atoms with E-state index in [-0.39, 0.29) is 5.78 Å². The van der Waals surface area contributed by atoms with E-state index in [9.17, 15) is 4.79 Å². The summed E-state index contributed by atoms with van der Waals surface area (Å²) in [6, 6.07) is 16.8. The Morgan fingerprint density at radius 1 is 1.03 bits per heavy atom. The number of Topliss-reactive ketones (excluding diaryl/α,β-unsaturated/α-hetero) is 1. The number of thioether (sulfide) groups is 1. The fourth-order valence-electron chi connectivity index (χ4n) is 2.80. The smallest absolute Gasteiger partial charge is 0.191 e. The van der Waals surface area contributed by atoms with E-state index in [1.165, 1.54) is 11.8 Å². The quantitative estimate of drug-likeness (QED) is 0.322. The Morgan fingerprint density at radius 2 is 1.77 bits per heavy atom. The van der Waals surface area contributed by atoms with Crippen LogP contribution in [-0.4, -0.2) is 33.4 Å². The van der Waals surface area contributed by atoms with Crippen LogP contribution in [0.3, 0.4) is 0 Å². The minimum atomic E-state index is 0.0446. The number of para-hydroxylation sites is 1. The van der Waals surface area contributed by atoms with E-state index in [1.807, 2.05) is 30.3 Å². The zero-order chi connectivity index (χ0) is 21.3. The topological polar surface area (TPSA) is 66.2 Å². The first-order valence-corrected chi connectivity index (χ1v) is 11.0. The van der Waals surface area contributed by atoms with Crippen LogP contribution >= 0.6 is 11.8 Å². The maximum atomic E-state index is 12.6. The van der Waals surface area contributed by atoms with Crippen molar-refractivity contribution in [2.45, 2.75) is 38.6 Å². The molecule has 0 spiro atoms. The summed E-state index contributed by atoms with van der Waals surface area (Å²) in [4.78, 5) is 12.6. The monoisotopic (exact) mass is 425 g/mol. The van der Waals surface area contributed by atoms with Gasteiger partial charge in [-0.1, -0.05) is 43.8 Å². The van der Waals surface area contributed by atoms with Crippen LogP contribution in [0.15, 0.2) is 59.8 Å². The summed E-state index contributed by atoms with van der Waals surface area (Å²) in [7, 11) is 1.61. The number of ketones is 1. The SMILES string of the molecule is COc1ccc(C(=O)CSc2nnc(COc3ccccc3)n2CCC(C)C)cc1. The predicted octanol–water partition coefficient (Wildman–Crippen LogP) is 4.89. The van der Waals surface area contributed by atoms with Crippen molar-refractivity contribution in [1.82, 2.24) is 14.8 Å². The molecular formula is C23H27N3O3S. The van der Waals surface area contributed by atoms with E-state index >= 15 is 0 Å². The number of ether oxygens (including phenoxy) is 2. The molecule has 30 heavy (non-hydrogen) atoms. The Kier molecular flexibility index (Phi) is 7.90. The van der Waals surface area contributed by atoms with Crippen LogP contribution in [0.2, 0.25) is 0 Å². The highest BCUT2D eigenvalue weighted by Crippen LogP contribution is 2.22. The summed E-state index contributed by atoms with van der Waals surface area (Å²) in [5, 5.41) is 9.38. The number of benzene rings is 2. The number of hydrogen-bond acceptors (Lipinski definition) is 6. The number of hydrogen-bond donors (Lipinski definition) is 0. The van der Waals surface area contributed by atoms with E-state index in [1.54, 1.807) is 31.4 Å². The van der Waals surface area contributed by atoms with Gasteiger partial charge >= 0.3 is 0 Å². The lowest BCUT2D eigenvalue weighted by molar-refractivity contribution is 0.102. The van der Waals surface area contributed by atoms with Gasteiger partial charge in [-0.15, -0.1) is 10.2 Å². The lowest BCUT2D eigenvalue weighted by Crippen LogP contribution is -2.11. The third-order valence-electron chi connectivity index (χ3n) is 4.58. The van der Waals surface area contributed by atoms with Gasteiger partial charge in [-0.25, -0.2) is 0 Å². The highest BCUT2D eigenvalue weighted by molar-refractivity contribution is 7.99. The van der Waals surface area contributed by atoms with Crippen LogP contribution in [-0.2, 0) is 13.2 Å². The van der Waals surface area contributed by atoms with Gasteiger partial charge in [0.2, 0.25) is 0 Å². The third kappa shape index (κ3) is 6.10. The van der Waals surface area contributed by atoms with Crippen molar-refractivity contribution in [1.29, 1.82) is 0 Å². The Labute approximate surface area is 181 Å². The van der Waals surface area contributed by atoms with Crippen molar-refractivity contribution in [2.75, 3.05) is 12.9 Å². The van der Waals surface area contributed by atoms with Gasteiger partial charge in [0.1, 0.15) is 18.1 Å². The second-order valence-electron chi connectivity index (χ2n) is 7.28. The second kappa shape index (κ2) is 10.8. The number of carbonyl (C=O) groups excluding carboxylic acids is 1. The number of methoxy groups -OCH3 is 1. The molecule has 1 heterocycles. The molecule has 0 atom stereocenters. The molecular weight excluding hydrogens is 398 g/mol. The van der Waals surface area contributed by atoms with Crippen molar-refractivity contribution in [3.8, 4) is 11.5 Å². The van der Waals surface area contributed by atoms with Crippen LogP contribution < -0.4 is 9.47 Å². The zero-order valence-corrected chi connectivity index (χ0v) is 18.4. The molecule has 0 unspecified atom stereocenters. The van der Waals surface area contributed by atoms with Crippen LogP contribution in [0.4, 0.5) is 0 Å². The summed E-state index contributed by atoms with van der Waals surface area (Å²) in [5.41, 5.74) is 0.657. The zero-order valence-electron chi connectivity index (χ0n) is 17.6. The predicted molar refractivity (Wildman–Crippen MR) is 118 cm³/mol. The van der Waals surface area contributed by atoms with Gasteiger partial charge in [-0.05, 0) is 48.7 Å². The second-order valence-corrected chi connectivity index (χ2v) is 8.22. The molecule has 0 bridgehead atoms. The first-order valence-electron chi connectivity index (χ1n) is 9.96. The van der Waals surface area contributed by atoms with Crippen molar-refractivity contribution in [3.63, 3.8) is 0 Å². The normalized spacial score (nSPS) is 10.9. The summed E-state index contributed by atoms with van der Waals surface area (Å²) in [6.45, 7) is 5.49. The fraction of sp³-hybridized carbons (Fsp3) is 0.348. The molecule has 0 aliphatic heterocycles. The van der Waals surface area contributed by atoms with Crippen molar-refractivity contribution < 1.29 is 14.3 Å². The number of carbonyl (C=O) groups is 1. The van der Waals surface area contributed by atoms with Gasteiger partial charge in [-0.2, -0.15) is 0 Å². The average molecular weight is 426 g/mol. The van der Waals surface area contributed by atoms with E-state index < -0.39 is 0 Å². The maximum absolute atomic E-state index is 12.6. The molecule has 0 aliphatic carbocycles. The first-order chi connectivity index (χ1) is 14.6. The average Bonchev–Trinajstić information content (AvgIpc) is 3.17. The van der Waals surface area contributed by atoms with Gasteiger partial charge in [-0.3, -0.25) is 4.79 Å². The van der Waals surface area contributed by atoms with Gasteiger partial charge in [0, 0.05) is 12.1 Å². The Morgan fingerprint density at radius 3 is 2.43 bits per heavy atom. The van der Waals surface area contributed by atoms with Gasteiger partial charge in [0.05, 0.1) is 12.9 Å². The molecule has 0 N–H and O–H groups in total. The molecule has 3 aromatic rings. The molecule has 0 saturated heterocycles. The van der Waals surface area contributed by atoms with Crippen LogP contribution in [0.5, 0.6) is 11.5 Å². The Bertz CT molecular complexity index is 940. The van der Waals surface area contributed by atoms with Crippen molar-refractivity contribution in [2.24, 2.45) is 5.92 Å². The Hall–Kier alpha value is -2.80. The number of nitrogens with zero attached hydrogens (tertiary/aromatic N) is 3. The van der Waals surface area contributed by atoms with Gasteiger partial charge in [0.25, 0.3) is 0 Å². The van der Waals surface area contributed by atoms with E-state index in [0.717, 1.165) is 35.4 Å². The summed E-state index contributed by atoms with van der Waals surface area (Å²) in [5.74, 6) is 3.18. The highest BCUT2D eigenvalue weighted by Gasteiger charge is 2.16. The molecule has 2 aromatic carbocycles. The summed E-state index contributed by atoms with van der Waals surface area (Å²) >= 11 is 1.41. The minimum absolute atomic E-state index is 0.0446. The largest absolute Gasteiger partial charge is 0.497 e. The molecule has 0 fully saturated rings. The molecule has 6 nitrogen and oxygen atoms in total. The highest BCUT2D eigenvalue weighted by atomic mass is 32.2. The molecule has 0 aliphatic rings. The van der Waals surface area contributed by atoms with Crippen molar-refractivity contribution in [3.05, 3.63) is 66.0 Å². The Balaban J connectivity index is 1.67. The molecule has 158 valence electrons. The number of aromatic nitrogens is 3. The third-order valence-corrected chi connectivity index (χ3v) is 5.55. The lowest BCUT2D eigenvalue weighted by Gasteiger charge is -2.12. The van der Waals surface area contributed by atoms with Gasteiger partial charge in [0.15, 0.2) is 16.8 Å². The van der Waals surface area contributed by atoms with E-state index in [0.29, 0.717) is 23.8 Å². The van der Waals surface area contributed by atoms with Crippen LogP contribution in [0.1, 0.15) is 36.5 Å². The van der Waals surface area contributed by atoms with Crippen LogP contribution in [0, 0.1) is 5.92 Å². The molecule has 1 aromatic heterocycles. The molecule has 0 amide bonds. The summed E-state index contributed by atoms with van der Waals surface area (Å²) in [6.07, 6.45) is 0.996. The lowest BCUT2D eigenvalue weighted by atomic mass is 10.1. The first kappa shape index (κ1) is 21.9. The van der Waals surface area contributed by atoms with Gasteiger partial charge < -0.3 is 14.0 Å². The molecule has 0 radical (unpaired) electrons. The molecule has 3 rings (SSSR count). The maximum Gasteiger partial charge on any atom is 0.191 e. The van der Waals surface area contributed by atoms with Crippen LogP contribution in [0.25, 0.3) is 0 Å².